The Bertz CT molecular complexity index is 712. The summed E-state index contributed by atoms with van der Waals surface area (Å²) in [5.74, 6) is -0.787. The fourth-order valence-electron chi connectivity index (χ4n) is 2.05. The molecule has 0 aliphatic carbocycles. The van der Waals surface area contributed by atoms with Crippen LogP contribution in [0.3, 0.4) is 0 Å². The number of fused-ring (bicyclic) bond motifs is 3. The summed E-state index contributed by atoms with van der Waals surface area (Å²) in [7, 11) is 0. The molecular formula is C14H10O2S. The minimum atomic E-state index is -0.787. The third-order valence-electron chi connectivity index (χ3n) is 2.80. The van der Waals surface area contributed by atoms with Crippen molar-refractivity contribution in [2.75, 3.05) is 0 Å². The van der Waals surface area contributed by atoms with Gasteiger partial charge in [0.25, 0.3) is 0 Å². The Labute approximate surface area is 102 Å². The minimum absolute atomic E-state index is 0.0875. The smallest absolute Gasteiger partial charge is 0.307 e. The van der Waals surface area contributed by atoms with Gasteiger partial charge >= 0.3 is 5.97 Å². The normalized spacial score (nSPS) is 11.1. The predicted octanol–water partition coefficient (Wildman–Crippen LogP) is 3.68. The molecule has 0 fully saturated rings. The quantitative estimate of drug-likeness (QED) is 0.744. The summed E-state index contributed by atoms with van der Waals surface area (Å²) in [6.07, 6.45) is 0.0875. The van der Waals surface area contributed by atoms with Crippen LogP contribution in [0.4, 0.5) is 0 Å². The minimum Gasteiger partial charge on any atom is -0.481 e. The molecule has 0 radical (unpaired) electrons. The lowest BCUT2D eigenvalue weighted by atomic mass is 10.1. The molecular weight excluding hydrogens is 232 g/mol. The van der Waals surface area contributed by atoms with E-state index in [1.165, 1.54) is 15.5 Å². The van der Waals surface area contributed by atoms with E-state index < -0.39 is 5.97 Å². The molecule has 0 aliphatic rings. The molecule has 0 bridgehead atoms. The standard InChI is InChI=1S/C14H10O2S/c15-14(16)8-9-5-6-11-10-3-1-2-4-12(10)17-13(11)7-9/h1-7H,8H2,(H,15,16). The van der Waals surface area contributed by atoms with E-state index in [-0.39, 0.29) is 6.42 Å². The van der Waals surface area contributed by atoms with Crippen LogP contribution in [0.15, 0.2) is 42.5 Å². The van der Waals surface area contributed by atoms with Gasteiger partial charge in [-0.1, -0.05) is 30.3 Å². The lowest BCUT2D eigenvalue weighted by Crippen LogP contribution is -1.99. The largest absolute Gasteiger partial charge is 0.481 e. The van der Waals surface area contributed by atoms with Crippen molar-refractivity contribution in [3.63, 3.8) is 0 Å². The maximum absolute atomic E-state index is 10.7. The van der Waals surface area contributed by atoms with E-state index in [0.717, 1.165) is 10.3 Å². The van der Waals surface area contributed by atoms with Gasteiger partial charge in [-0.05, 0) is 17.7 Å². The molecule has 0 saturated carbocycles. The Morgan fingerprint density at radius 1 is 1.06 bits per heavy atom. The molecule has 1 aromatic heterocycles. The van der Waals surface area contributed by atoms with Crippen LogP contribution in [0.1, 0.15) is 5.56 Å². The fourth-order valence-corrected chi connectivity index (χ4v) is 3.22. The van der Waals surface area contributed by atoms with Crippen molar-refractivity contribution in [2.24, 2.45) is 0 Å². The molecule has 3 heteroatoms. The number of carboxylic acids is 1. The van der Waals surface area contributed by atoms with E-state index in [2.05, 4.69) is 12.1 Å². The van der Waals surface area contributed by atoms with Crippen molar-refractivity contribution in [3.8, 4) is 0 Å². The van der Waals surface area contributed by atoms with Crippen molar-refractivity contribution < 1.29 is 9.90 Å². The summed E-state index contributed by atoms with van der Waals surface area (Å²) < 4.78 is 2.40. The number of rotatable bonds is 2. The van der Waals surface area contributed by atoms with Crippen molar-refractivity contribution >= 4 is 37.5 Å². The molecule has 3 aromatic rings. The van der Waals surface area contributed by atoms with Gasteiger partial charge in [0.05, 0.1) is 6.42 Å². The molecule has 2 nitrogen and oxygen atoms in total. The van der Waals surface area contributed by atoms with Crippen LogP contribution >= 0.6 is 11.3 Å². The first kappa shape index (κ1) is 10.3. The van der Waals surface area contributed by atoms with Gasteiger partial charge in [0, 0.05) is 20.2 Å². The topological polar surface area (TPSA) is 37.3 Å². The Morgan fingerprint density at radius 2 is 1.82 bits per heavy atom. The van der Waals surface area contributed by atoms with E-state index in [1.54, 1.807) is 11.3 Å². The van der Waals surface area contributed by atoms with Crippen molar-refractivity contribution in [1.82, 2.24) is 0 Å². The lowest BCUT2D eigenvalue weighted by molar-refractivity contribution is -0.136. The Morgan fingerprint density at radius 3 is 2.65 bits per heavy atom. The van der Waals surface area contributed by atoms with Gasteiger partial charge in [-0.3, -0.25) is 4.79 Å². The maximum atomic E-state index is 10.7. The van der Waals surface area contributed by atoms with Crippen LogP contribution in [0, 0.1) is 0 Å². The molecule has 2 aromatic carbocycles. The second-order valence-electron chi connectivity index (χ2n) is 4.00. The average molecular weight is 242 g/mol. The molecule has 0 atom stereocenters. The first-order chi connectivity index (χ1) is 8.24. The van der Waals surface area contributed by atoms with Crippen LogP contribution in [0.2, 0.25) is 0 Å². The van der Waals surface area contributed by atoms with Crippen LogP contribution in [0.25, 0.3) is 20.2 Å². The summed E-state index contributed by atoms with van der Waals surface area (Å²) in [6, 6.07) is 14.1. The third kappa shape index (κ3) is 1.78. The van der Waals surface area contributed by atoms with Gasteiger partial charge in [0.1, 0.15) is 0 Å². The Balaban J connectivity index is 2.23. The van der Waals surface area contributed by atoms with Crippen LogP contribution in [0.5, 0.6) is 0 Å². The summed E-state index contributed by atoms with van der Waals surface area (Å²) in [5, 5.41) is 11.2. The van der Waals surface area contributed by atoms with Gasteiger partial charge in [-0.15, -0.1) is 11.3 Å². The van der Waals surface area contributed by atoms with E-state index >= 15 is 0 Å². The summed E-state index contributed by atoms with van der Waals surface area (Å²) >= 11 is 1.71. The van der Waals surface area contributed by atoms with E-state index in [9.17, 15) is 4.79 Å². The fraction of sp³-hybridized carbons (Fsp3) is 0.0714. The highest BCUT2D eigenvalue weighted by molar-refractivity contribution is 7.25. The number of aliphatic carboxylic acids is 1. The molecule has 1 heterocycles. The second-order valence-corrected chi connectivity index (χ2v) is 5.08. The number of hydrogen-bond donors (Lipinski definition) is 1. The van der Waals surface area contributed by atoms with Gasteiger partial charge in [0.15, 0.2) is 0 Å². The zero-order valence-electron chi connectivity index (χ0n) is 9.01. The highest BCUT2D eigenvalue weighted by Crippen LogP contribution is 2.34. The maximum Gasteiger partial charge on any atom is 0.307 e. The number of benzene rings is 2. The van der Waals surface area contributed by atoms with Gasteiger partial charge in [0.2, 0.25) is 0 Å². The Hall–Kier alpha value is -1.87. The van der Waals surface area contributed by atoms with Gasteiger partial charge < -0.3 is 5.11 Å². The van der Waals surface area contributed by atoms with E-state index in [0.29, 0.717) is 0 Å². The van der Waals surface area contributed by atoms with Crippen molar-refractivity contribution in [2.45, 2.75) is 6.42 Å². The molecule has 0 spiro atoms. The predicted molar refractivity (Wildman–Crippen MR) is 70.7 cm³/mol. The van der Waals surface area contributed by atoms with E-state index in [4.69, 9.17) is 5.11 Å². The number of carboxylic acid groups (broad SMARTS) is 1. The monoisotopic (exact) mass is 242 g/mol. The molecule has 17 heavy (non-hydrogen) atoms. The molecule has 0 aliphatic heterocycles. The Kier molecular flexibility index (Phi) is 2.34. The van der Waals surface area contributed by atoms with Crippen LogP contribution < -0.4 is 0 Å². The number of hydrogen-bond acceptors (Lipinski definition) is 2. The second kappa shape index (κ2) is 3.86. The van der Waals surface area contributed by atoms with Crippen LogP contribution in [-0.2, 0) is 11.2 Å². The van der Waals surface area contributed by atoms with Crippen LogP contribution in [-0.4, -0.2) is 11.1 Å². The SMILES string of the molecule is O=C(O)Cc1ccc2c(c1)sc1ccccc12. The van der Waals surface area contributed by atoms with Gasteiger partial charge in [-0.2, -0.15) is 0 Å². The average Bonchev–Trinajstić information content (AvgIpc) is 2.65. The first-order valence-corrected chi connectivity index (χ1v) is 6.17. The van der Waals surface area contributed by atoms with Crippen molar-refractivity contribution in [1.29, 1.82) is 0 Å². The molecule has 0 unspecified atom stereocenters. The summed E-state index contributed by atoms with van der Waals surface area (Å²) in [4.78, 5) is 10.7. The number of carbonyl (C=O) groups is 1. The summed E-state index contributed by atoms with van der Waals surface area (Å²) in [6.45, 7) is 0. The number of thiophene rings is 1. The molecule has 3 rings (SSSR count). The highest BCUT2D eigenvalue weighted by atomic mass is 32.1. The lowest BCUT2D eigenvalue weighted by Gasteiger charge is -1.97. The highest BCUT2D eigenvalue weighted by Gasteiger charge is 2.06. The summed E-state index contributed by atoms with van der Waals surface area (Å²) in [5.41, 5.74) is 0.858. The van der Waals surface area contributed by atoms with Gasteiger partial charge in [-0.25, -0.2) is 0 Å². The van der Waals surface area contributed by atoms with E-state index in [1.807, 2.05) is 30.3 Å². The molecule has 1 N–H and O–H groups in total. The third-order valence-corrected chi connectivity index (χ3v) is 3.93. The molecule has 0 saturated heterocycles. The zero-order valence-corrected chi connectivity index (χ0v) is 9.83. The zero-order chi connectivity index (χ0) is 11.8. The molecule has 84 valence electrons. The molecule has 0 amide bonds. The first-order valence-electron chi connectivity index (χ1n) is 5.36. The van der Waals surface area contributed by atoms with Crippen molar-refractivity contribution in [3.05, 3.63) is 48.0 Å².